The van der Waals surface area contributed by atoms with Crippen LogP contribution in [0.2, 0.25) is 5.04 Å². The van der Waals surface area contributed by atoms with Crippen LogP contribution in [-0.4, -0.2) is 45.8 Å². The Hall–Kier alpha value is -3.02. The monoisotopic (exact) mass is 574 g/mol. The predicted molar refractivity (Wildman–Crippen MR) is 151 cm³/mol. The third-order valence-corrected chi connectivity index (χ3v) is 11.8. The van der Waals surface area contributed by atoms with Crippen molar-refractivity contribution in [2.45, 2.75) is 50.6 Å². The van der Waals surface area contributed by atoms with E-state index in [1.165, 1.54) is 0 Å². The summed E-state index contributed by atoms with van der Waals surface area (Å²) in [5.41, 5.74) is -1.20. The molecule has 3 rings (SSSR count). The zero-order valence-corrected chi connectivity index (χ0v) is 24.0. The summed E-state index contributed by atoms with van der Waals surface area (Å²) in [5, 5.41) is 1.95. The van der Waals surface area contributed by atoms with Gasteiger partial charge in [-0.3, -0.25) is 10.2 Å². The molecule has 0 aliphatic heterocycles. The molecular formula is C30H37F3N2O4Si. The fourth-order valence-electron chi connectivity index (χ4n) is 4.73. The molecule has 0 aromatic heterocycles. The number of alkyl halides is 3. The van der Waals surface area contributed by atoms with Gasteiger partial charge in [0.25, 0.3) is 19.8 Å². The lowest BCUT2D eigenvalue weighted by Crippen LogP contribution is -2.66. The number of carbonyl (C=O) groups is 1. The summed E-state index contributed by atoms with van der Waals surface area (Å²) in [5.74, 6) is 3.60. The van der Waals surface area contributed by atoms with E-state index in [0.29, 0.717) is 12.0 Å². The first kappa shape index (κ1) is 31.5. The van der Waals surface area contributed by atoms with Crippen LogP contribution in [0, 0.1) is 0 Å². The van der Waals surface area contributed by atoms with Crippen LogP contribution < -0.4 is 21.6 Å². The predicted octanol–water partition coefficient (Wildman–Crippen LogP) is 4.48. The molecule has 1 atom stereocenters. The number of hydrazine groups is 1. The molecule has 0 fully saturated rings. The molecule has 0 bridgehead atoms. The molecule has 0 saturated carbocycles. The maximum atomic E-state index is 14.2. The second-order valence-corrected chi connectivity index (χ2v) is 14.8. The quantitative estimate of drug-likeness (QED) is 0.103. The van der Waals surface area contributed by atoms with E-state index in [-0.39, 0.29) is 18.3 Å². The van der Waals surface area contributed by atoms with E-state index in [4.69, 9.17) is 19.7 Å². The second-order valence-electron chi connectivity index (χ2n) is 10.5. The Balaban J connectivity index is 1.73. The van der Waals surface area contributed by atoms with Gasteiger partial charge in [0.1, 0.15) is 0 Å². The molecule has 6 nitrogen and oxygen atoms in total. The van der Waals surface area contributed by atoms with Crippen LogP contribution in [0.3, 0.4) is 0 Å². The fraction of sp³-hybridized carbons (Fsp3) is 0.367. The van der Waals surface area contributed by atoms with Crippen LogP contribution in [0.1, 0.15) is 32.8 Å². The number of hydrogen-bond acceptors (Lipinski definition) is 5. The van der Waals surface area contributed by atoms with E-state index in [1.807, 2.05) is 36.4 Å². The molecule has 3 N–H and O–H groups in total. The van der Waals surface area contributed by atoms with Gasteiger partial charge in [-0.15, -0.1) is 0 Å². The Kier molecular flexibility index (Phi) is 10.7. The molecule has 0 aliphatic rings. The van der Waals surface area contributed by atoms with E-state index in [1.54, 1.807) is 35.8 Å². The summed E-state index contributed by atoms with van der Waals surface area (Å²) < 4.78 is 60.0. The highest BCUT2D eigenvalue weighted by atomic mass is 28.4. The lowest BCUT2D eigenvalue weighted by atomic mass is 10.0. The maximum Gasteiger partial charge on any atom is 0.429 e. The van der Waals surface area contributed by atoms with E-state index >= 15 is 0 Å². The third kappa shape index (κ3) is 6.99. The summed E-state index contributed by atoms with van der Waals surface area (Å²) >= 11 is 0. The molecule has 1 unspecified atom stereocenters. The van der Waals surface area contributed by atoms with Crippen molar-refractivity contribution in [1.82, 2.24) is 5.43 Å². The molecule has 0 aliphatic carbocycles. The number of carbonyl (C=O) groups excluding carboxylic acids is 1. The largest absolute Gasteiger partial charge is 0.429 e. The lowest BCUT2D eigenvalue weighted by Gasteiger charge is -2.43. The van der Waals surface area contributed by atoms with Crippen LogP contribution in [0.15, 0.2) is 91.0 Å². The van der Waals surface area contributed by atoms with Crippen molar-refractivity contribution in [3.05, 3.63) is 96.6 Å². The molecule has 0 radical (unpaired) electrons. The van der Waals surface area contributed by atoms with E-state index in [9.17, 15) is 18.0 Å². The smallest absolute Gasteiger partial charge is 0.407 e. The first-order valence-corrected chi connectivity index (χ1v) is 15.0. The minimum Gasteiger partial charge on any atom is -0.407 e. The average molecular weight is 575 g/mol. The zero-order valence-electron chi connectivity index (χ0n) is 23.0. The highest BCUT2D eigenvalue weighted by Gasteiger charge is 2.62. The number of nitrogens with two attached hydrogens (primary N) is 1. The van der Waals surface area contributed by atoms with Gasteiger partial charge >= 0.3 is 6.18 Å². The third-order valence-electron chi connectivity index (χ3n) is 6.76. The van der Waals surface area contributed by atoms with Crippen molar-refractivity contribution in [2.75, 3.05) is 19.8 Å². The van der Waals surface area contributed by atoms with Gasteiger partial charge < -0.3 is 13.9 Å². The normalized spacial score (nSPS) is 14.0. The van der Waals surface area contributed by atoms with Crippen molar-refractivity contribution in [2.24, 2.45) is 5.84 Å². The number of benzene rings is 3. The zero-order chi connectivity index (χ0) is 29.3. The van der Waals surface area contributed by atoms with Crippen LogP contribution in [0.4, 0.5) is 13.2 Å². The fourth-order valence-corrected chi connectivity index (χ4v) is 9.33. The number of rotatable bonds is 13. The topological polar surface area (TPSA) is 82.8 Å². The molecule has 3 aromatic carbocycles. The highest BCUT2D eigenvalue weighted by Crippen LogP contribution is 2.37. The van der Waals surface area contributed by atoms with E-state index < -0.39 is 39.2 Å². The summed E-state index contributed by atoms with van der Waals surface area (Å²) in [6.45, 7) is 5.09. The van der Waals surface area contributed by atoms with Crippen LogP contribution >= 0.6 is 0 Å². The Morgan fingerprint density at radius 3 is 1.77 bits per heavy atom. The van der Waals surface area contributed by atoms with E-state index in [2.05, 4.69) is 45.0 Å². The van der Waals surface area contributed by atoms with Crippen LogP contribution in [0.5, 0.6) is 0 Å². The Labute approximate surface area is 234 Å². The Morgan fingerprint density at radius 2 is 1.32 bits per heavy atom. The summed E-state index contributed by atoms with van der Waals surface area (Å²) in [7, 11) is -2.79. The lowest BCUT2D eigenvalue weighted by molar-refractivity contribution is -0.283. The highest BCUT2D eigenvalue weighted by molar-refractivity contribution is 6.99. The van der Waals surface area contributed by atoms with Crippen molar-refractivity contribution in [3.63, 3.8) is 0 Å². The van der Waals surface area contributed by atoms with Crippen molar-refractivity contribution >= 4 is 24.6 Å². The SMILES string of the molecule is CC(C)(C)[Si](OCCCOCC(OCc1ccccc1)(C(=O)NN)C(F)(F)F)(c1ccccc1)c1ccccc1. The number of amides is 1. The van der Waals surface area contributed by atoms with Gasteiger partial charge in [0, 0.05) is 13.2 Å². The van der Waals surface area contributed by atoms with Crippen molar-refractivity contribution < 1.29 is 31.9 Å². The first-order chi connectivity index (χ1) is 19.0. The van der Waals surface area contributed by atoms with Crippen molar-refractivity contribution in [3.8, 4) is 0 Å². The van der Waals surface area contributed by atoms with Gasteiger partial charge in [-0.2, -0.15) is 13.2 Å². The molecule has 0 heterocycles. The summed E-state index contributed by atoms with van der Waals surface area (Å²) in [6.07, 6.45) is -4.77. The number of nitrogens with one attached hydrogen (secondary N) is 1. The van der Waals surface area contributed by atoms with E-state index in [0.717, 1.165) is 10.4 Å². The average Bonchev–Trinajstić information content (AvgIpc) is 2.94. The number of halogens is 3. The van der Waals surface area contributed by atoms with Gasteiger partial charge in [-0.05, 0) is 27.4 Å². The van der Waals surface area contributed by atoms with Gasteiger partial charge in [0.2, 0.25) is 0 Å². The minimum absolute atomic E-state index is 0.0808. The number of hydrogen-bond donors (Lipinski definition) is 2. The summed E-state index contributed by atoms with van der Waals surface area (Å²) in [6, 6.07) is 28.3. The summed E-state index contributed by atoms with van der Waals surface area (Å²) in [4.78, 5) is 12.4. The van der Waals surface area contributed by atoms with Gasteiger partial charge in [0.05, 0.1) is 13.2 Å². The Morgan fingerprint density at radius 1 is 0.825 bits per heavy atom. The minimum atomic E-state index is -5.07. The van der Waals surface area contributed by atoms with Crippen molar-refractivity contribution in [1.29, 1.82) is 0 Å². The molecule has 1 amide bonds. The van der Waals surface area contributed by atoms with Gasteiger partial charge in [0.15, 0.2) is 0 Å². The molecule has 216 valence electrons. The van der Waals surface area contributed by atoms with Crippen LogP contribution in [-0.2, 0) is 25.3 Å². The molecule has 40 heavy (non-hydrogen) atoms. The molecule has 0 saturated heterocycles. The second kappa shape index (κ2) is 13.6. The standard InChI is InChI=1S/C30H37F3N2O4Si/c1-28(2,3)40(25-16-9-5-10-17-25,26-18-11-6-12-19-26)39-21-13-20-37-23-29(27(36)35-34,30(31,32)33)38-22-24-14-7-4-8-15-24/h4-12,14-19H,13,20-23,34H2,1-3H3,(H,35,36). The van der Waals surface area contributed by atoms with Crippen LogP contribution in [0.25, 0.3) is 0 Å². The first-order valence-electron chi connectivity index (χ1n) is 13.1. The van der Waals surface area contributed by atoms with Gasteiger partial charge in [-0.1, -0.05) is 112 Å². The molecule has 10 heteroatoms. The Bertz CT molecular complexity index is 1150. The maximum absolute atomic E-state index is 14.2. The number of ether oxygens (including phenoxy) is 2. The molecule has 3 aromatic rings. The molecular weight excluding hydrogens is 537 g/mol. The van der Waals surface area contributed by atoms with Gasteiger partial charge in [-0.25, -0.2) is 5.84 Å². The molecule has 0 spiro atoms.